The van der Waals surface area contributed by atoms with Gasteiger partial charge in [-0.3, -0.25) is 4.79 Å². The fourth-order valence-electron chi connectivity index (χ4n) is 1.41. The van der Waals surface area contributed by atoms with Crippen molar-refractivity contribution in [2.24, 2.45) is 0 Å². The quantitative estimate of drug-likeness (QED) is 0.858. The fraction of sp³-hybridized carbons (Fsp3) is 0.375. The molecule has 2 rings (SSSR count). The monoisotopic (exact) mass is 324 g/mol. The molecule has 88 valence electrons. The Labute approximate surface area is 105 Å². The van der Waals surface area contributed by atoms with Gasteiger partial charge in [0.05, 0.1) is 3.79 Å². The topological polar surface area (TPSA) is 75.3 Å². The van der Waals surface area contributed by atoms with Crippen LogP contribution in [0.3, 0.4) is 0 Å². The molecule has 1 amide bonds. The Morgan fingerprint density at radius 3 is 2.75 bits per heavy atom. The molecule has 0 saturated carbocycles. The zero-order valence-corrected chi connectivity index (χ0v) is 11.3. The SMILES string of the molecule is O=C1C[C@H](NS(=O)(=O)c2ccc(Br)s2)CN1. The van der Waals surface area contributed by atoms with Gasteiger partial charge in [-0.2, -0.15) is 0 Å². The summed E-state index contributed by atoms with van der Waals surface area (Å²) < 4.78 is 27.2. The normalized spacial score (nSPS) is 21.1. The van der Waals surface area contributed by atoms with E-state index in [1.165, 1.54) is 6.07 Å². The number of carbonyl (C=O) groups is 1. The molecule has 1 aromatic heterocycles. The van der Waals surface area contributed by atoms with Gasteiger partial charge in [-0.1, -0.05) is 0 Å². The molecule has 0 bridgehead atoms. The molecule has 16 heavy (non-hydrogen) atoms. The van der Waals surface area contributed by atoms with E-state index in [9.17, 15) is 13.2 Å². The molecule has 1 aliphatic heterocycles. The molecule has 5 nitrogen and oxygen atoms in total. The van der Waals surface area contributed by atoms with Crippen LogP contribution in [0, 0.1) is 0 Å². The van der Waals surface area contributed by atoms with E-state index in [0.717, 1.165) is 15.1 Å². The Morgan fingerprint density at radius 2 is 2.25 bits per heavy atom. The van der Waals surface area contributed by atoms with Gasteiger partial charge in [-0.15, -0.1) is 11.3 Å². The predicted molar refractivity (Wildman–Crippen MR) is 63.8 cm³/mol. The summed E-state index contributed by atoms with van der Waals surface area (Å²) in [6.07, 6.45) is 0.200. The van der Waals surface area contributed by atoms with Crippen LogP contribution in [0.4, 0.5) is 0 Å². The van der Waals surface area contributed by atoms with Gasteiger partial charge < -0.3 is 5.32 Å². The first-order chi connectivity index (χ1) is 7.47. The average molecular weight is 325 g/mol. The highest BCUT2D eigenvalue weighted by atomic mass is 79.9. The van der Waals surface area contributed by atoms with Gasteiger partial charge in [0.2, 0.25) is 15.9 Å². The van der Waals surface area contributed by atoms with E-state index in [2.05, 4.69) is 26.0 Å². The molecule has 1 atom stereocenters. The van der Waals surface area contributed by atoms with E-state index in [0.29, 0.717) is 6.54 Å². The lowest BCUT2D eigenvalue weighted by atomic mass is 10.3. The van der Waals surface area contributed by atoms with Crippen molar-refractivity contribution >= 4 is 43.2 Å². The van der Waals surface area contributed by atoms with Crippen molar-refractivity contribution in [2.75, 3.05) is 6.54 Å². The minimum absolute atomic E-state index is 0.125. The molecule has 1 aliphatic rings. The van der Waals surface area contributed by atoms with Crippen LogP contribution < -0.4 is 10.0 Å². The second kappa shape index (κ2) is 4.44. The molecule has 2 N–H and O–H groups in total. The molecule has 0 aliphatic carbocycles. The van der Waals surface area contributed by atoms with Crippen LogP contribution in [0.5, 0.6) is 0 Å². The fourth-order valence-corrected chi connectivity index (χ4v) is 4.67. The summed E-state index contributed by atoms with van der Waals surface area (Å²) in [4.78, 5) is 10.9. The van der Waals surface area contributed by atoms with Crippen molar-refractivity contribution < 1.29 is 13.2 Å². The number of hydrogen-bond acceptors (Lipinski definition) is 4. The lowest BCUT2D eigenvalue weighted by Gasteiger charge is -2.09. The number of carbonyl (C=O) groups excluding carboxylic acids is 1. The molecule has 2 heterocycles. The van der Waals surface area contributed by atoms with Crippen LogP contribution in [-0.4, -0.2) is 26.9 Å². The highest BCUT2D eigenvalue weighted by molar-refractivity contribution is 9.11. The molecule has 0 aromatic carbocycles. The molecule has 1 aromatic rings. The van der Waals surface area contributed by atoms with E-state index in [4.69, 9.17) is 0 Å². The second-order valence-corrected chi connectivity index (χ2v) is 7.79. The van der Waals surface area contributed by atoms with Crippen LogP contribution in [0.15, 0.2) is 20.1 Å². The number of thiophene rings is 1. The zero-order valence-electron chi connectivity index (χ0n) is 8.07. The van der Waals surface area contributed by atoms with Crippen molar-refractivity contribution in [1.29, 1.82) is 0 Å². The molecular weight excluding hydrogens is 316 g/mol. The van der Waals surface area contributed by atoms with Gasteiger partial charge in [-0.05, 0) is 28.1 Å². The highest BCUT2D eigenvalue weighted by Gasteiger charge is 2.27. The maximum absolute atomic E-state index is 11.8. The number of nitrogens with one attached hydrogen (secondary N) is 2. The smallest absolute Gasteiger partial charge is 0.250 e. The minimum Gasteiger partial charge on any atom is -0.354 e. The maximum Gasteiger partial charge on any atom is 0.250 e. The first-order valence-electron chi connectivity index (χ1n) is 4.52. The van der Waals surface area contributed by atoms with Crippen LogP contribution in [0.1, 0.15) is 6.42 Å². The van der Waals surface area contributed by atoms with Crippen molar-refractivity contribution in [3.63, 3.8) is 0 Å². The summed E-state index contributed by atoms with van der Waals surface area (Å²) in [6.45, 7) is 0.352. The Hall–Kier alpha value is -0.440. The van der Waals surface area contributed by atoms with E-state index in [1.54, 1.807) is 6.07 Å². The summed E-state index contributed by atoms with van der Waals surface area (Å²) in [5, 5.41) is 2.58. The summed E-state index contributed by atoms with van der Waals surface area (Å²) >= 11 is 4.35. The van der Waals surface area contributed by atoms with Crippen molar-refractivity contribution in [2.45, 2.75) is 16.7 Å². The number of amides is 1. The maximum atomic E-state index is 11.8. The van der Waals surface area contributed by atoms with E-state index in [-0.39, 0.29) is 22.6 Å². The van der Waals surface area contributed by atoms with Crippen LogP contribution in [0.2, 0.25) is 0 Å². The second-order valence-electron chi connectivity index (χ2n) is 3.38. The lowest BCUT2D eigenvalue weighted by molar-refractivity contribution is -0.119. The molecule has 0 spiro atoms. The van der Waals surface area contributed by atoms with Crippen molar-refractivity contribution in [1.82, 2.24) is 10.0 Å². The standard InChI is InChI=1S/C8H9BrN2O3S2/c9-6-1-2-8(15-6)16(13,14)11-5-3-7(12)10-4-5/h1-2,5,11H,3-4H2,(H,10,12)/t5-/m0/s1. The Kier molecular flexibility index (Phi) is 3.34. The van der Waals surface area contributed by atoms with Gasteiger partial charge in [0.1, 0.15) is 4.21 Å². The molecular formula is C8H9BrN2O3S2. The number of hydrogen-bond donors (Lipinski definition) is 2. The Balaban J connectivity index is 2.12. The molecule has 0 unspecified atom stereocenters. The van der Waals surface area contributed by atoms with Gasteiger partial charge >= 0.3 is 0 Å². The minimum atomic E-state index is -3.50. The third-order valence-corrected chi connectivity index (χ3v) is 5.75. The van der Waals surface area contributed by atoms with Gasteiger partial charge in [0.25, 0.3) is 0 Å². The molecule has 0 radical (unpaired) electrons. The first kappa shape index (κ1) is 12.0. The van der Waals surface area contributed by atoms with Crippen LogP contribution in [0.25, 0.3) is 0 Å². The third-order valence-electron chi connectivity index (χ3n) is 2.11. The molecule has 8 heteroatoms. The predicted octanol–water partition coefficient (Wildman–Crippen LogP) is 0.677. The van der Waals surface area contributed by atoms with Gasteiger partial charge in [0.15, 0.2) is 0 Å². The number of rotatable bonds is 3. The first-order valence-corrected chi connectivity index (χ1v) is 7.61. The summed E-state index contributed by atoms with van der Waals surface area (Å²) in [5.41, 5.74) is 0. The van der Waals surface area contributed by atoms with E-state index in [1.807, 2.05) is 0 Å². The van der Waals surface area contributed by atoms with Crippen molar-refractivity contribution in [3.8, 4) is 0 Å². The van der Waals surface area contributed by atoms with Gasteiger partial charge in [0, 0.05) is 19.0 Å². The number of halogens is 1. The molecule has 1 saturated heterocycles. The summed E-state index contributed by atoms with van der Waals surface area (Å²) in [7, 11) is -3.50. The Bertz CT molecular complexity index is 511. The molecule has 1 fully saturated rings. The summed E-state index contributed by atoms with van der Waals surface area (Å²) in [5.74, 6) is -0.125. The largest absolute Gasteiger partial charge is 0.354 e. The zero-order chi connectivity index (χ0) is 11.8. The highest BCUT2D eigenvalue weighted by Crippen LogP contribution is 2.26. The van der Waals surface area contributed by atoms with Crippen LogP contribution >= 0.6 is 27.3 Å². The summed E-state index contributed by atoms with van der Waals surface area (Å²) in [6, 6.07) is 2.86. The lowest BCUT2D eigenvalue weighted by Crippen LogP contribution is -2.35. The van der Waals surface area contributed by atoms with E-state index < -0.39 is 10.0 Å². The average Bonchev–Trinajstić information content (AvgIpc) is 2.75. The van der Waals surface area contributed by atoms with E-state index >= 15 is 0 Å². The van der Waals surface area contributed by atoms with Gasteiger partial charge in [-0.25, -0.2) is 13.1 Å². The Morgan fingerprint density at radius 1 is 1.50 bits per heavy atom. The van der Waals surface area contributed by atoms with Crippen molar-refractivity contribution in [3.05, 3.63) is 15.9 Å². The number of sulfonamides is 1. The van der Waals surface area contributed by atoms with Crippen LogP contribution in [-0.2, 0) is 14.8 Å². The third kappa shape index (κ3) is 2.62.